The maximum atomic E-state index is 12.6. The van der Waals surface area contributed by atoms with Crippen LogP contribution < -0.4 is 20.9 Å². The highest BCUT2D eigenvalue weighted by Gasteiger charge is 2.52. The predicted molar refractivity (Wildman–Crippen MR) is 157 cm³/mol. The third kappa shape index (κ3) is 6.21. The fourth-order valence-electron chi connectivity index (χ4n) is 5.24. The second-order valence-corrected chi connectivity index (χ2v) is 10.6. The van der Waals surface area contributed by atoms with Gasteiger partial charge < -0.3 is 34.7 Å². The molecule has 4 N–H and O–H groups in total. The molecule has 1 unspecified atom stereocenters. The van der Waals surface area contributed by atoms with Gasteiger partial charge in [-0.25, -0.2) is 4.79 Å². The van der Waals surface area contributed by atoms with E-state index in [1.165, 1.54) is 12.3 Å². The van der Waals surface area contributed by atoms with Crippen molar-refractivity contribution in [1.82, 2.24) is 9.55 Å². The Morgan fingerprint density at radius 1 is 0.977 bits per heavy atom. The molecule has 0 aliphatic carbocycles. The fourth-order valence-corrected chi connectivity index (χ4v) is 5.75. The van der Waals surface area contributed by atoms with Gasteiger partial charge in [-0.05, 0) is 47.0 Å². The number of nitrogen functional groups attached to an aromatic ring is 1. The number of benzene rings is 3. The molecule has 12 nitrogen and oxygen atoms in total. The Morgan fingerprint density at radius 3 is 2.05 bits per heavy atom. The van der Waals surface area contributed by atoms with Crippen LogP contribution in [0.4, 0.5) is 5.82 Å². The molecule has 0 bridgehead atoms. The molecule has 1 fully saturated rings. The summed E-state index contributed by atoms with van der Waals surface area (Å²) >= 11 is 0. The molecule has 0 radical (unpaired) electrons. The normalized spacial score (nSPS) is 20.9. The van der Waals surface area contributed by atoms with E-state index >= 15 is 0 Å². The lowest BCUT2D eigenvalue weighted by atomic mass is 9.80. The van der Waals surface area contributed by atoms with Crippen molar-refractivity contribution in [2.45, 2.75) is 30.1 Å². The van der Waals surface area contributed by atoms with Crippen LogP contribution in [0.5, 0.6) is 11.5 Å². The number of aromatic nitrogens is 2. The molecule has 1 saturated heterocycles. The molecule has 1 aliphatic rings. The molecule has 0 saturated carbocycles. The summed E-state index contributed by atoms with van der Waals surface area (Å²) in [6.45, 7) is -0.327. The van der Waals surface area contributed by atoms with E-state index in [1.54, 1.807) is 38.5 Å². The molecule has 4 aromatic rings. The van der Waals surface area contributed by atoms with Gasteiger partial charge in [-0.1, -0.05) is 54.6 Å². The van der Waals surface area contributed by atoms with E-state index < -0.39 is 37.7 Å². The average Bonchev–Trinajstić information content (AvgIpc) is 3.33. The molecule has 1 aromatic heterocycles. The molecular formula is C30H32N3O9P. The Balaban J connectivity index is 1.60. The van der Waals surface area contributed by atoms with Gasteiger partial charge in [0.1, 0.15) is 35.2 Å². The highest BCUT2D eigenvalue weighted by atomic mass is 31.1. The molecule has 2 heterocycles. The fraction of sp³-hybridized carbons (Fsp3) is 0.267. The number of hydrogen-bond acceptors (Lipinski definition) is 10. The minimum absolute atomic E-state index is 0.0117. The highest BCUT2D eigenvalue weighted by molar-refractivity contribution is 7.32. The summed E-state index contributed by atoms with van der Waals surface area (Å²) in [4.78, 5) is 25.9. The van der Waals surface area contributed by atoms with Crippen molar-refractivity contribution in [1.29, 1.82) is 0 Å². The SMILES string of the molecule is COc1ccc(C(OC[C@H]2O[C@@H](n3ccc(N)nc3=O)C[C@]2(O)O[PH](=O)O)(c2ccccc2)c2ccc(OC)cc2)cc1. The summed E-state index contributed by atoms with van der Waals surface area (Å²) in [5, 5.41) is 11.5. The van der Waals surface area contributed by atoms with Gasteiger partial charge in [-0.15, -0.1) is 0 Å². The minimum Gasteiger partial charge on any atom is -0.497 e. The van der Waals surface area contributed by atoms with Gasteiger partial charge in [0.25, 0.3) is 0 Å². The third-order valence-corrected chi connectivity index (χ3v) is 7.87. The molecular weight excluding hydrogens is 577 g/mol. The molecule has 0 amide bonds. The van der Waals surface area contributed by atoms with E-state index in [-0.39, 0.29) is 18.8 Å². The molecule has 5 rings (SSSR count). The Morgan fingerprint density at radius 2 is 1.53 bits per heavy atom. The summed E-state index contributed by atoms with van der Waals surface area (Å²) in [7, 11) is -0.494. The van der Waals surface area contributed by atoms with Crippen LogP contribution in [0.1, 0.15) is 29.3 Å². The summed E-state index contributed by atoms with van der Waals surface area (Å²) in [6, 6.07) is 25.5. The first kappa shape index (κ1) is 30.4. The lowest BCUT2D eigenvalue weighted by Gasteiger charge is -2.38. The van der Waals surface area contributed by atoms with Crippen molar-refractivity contribution in [2.75, 3.05) is 26.6 Å². The van der Waals surface area contributed by atoms with Crippen molar-refractivity contribution in [2.24, 2.45) is 0 Å². The minimum atomic E-state index is -3.64. The Labute approximate surface area is 248 Å². The lowest BCUT2D eigenvalue weighted by molar-refractivity contribution is -0.198. The average molecular weight is 610 g/mol. The van der Waals surface area contributed by atoms with Gasteiger partial charge in [0.15, 0.2) is 0 Å². The van der Waals surface area contributed by atoms with Crippen molar-refractivity contribution in [3.63, 3.8) is 0 Å². The number of nitrogens with zero attached hydrogens (tertiary/aromatic N) is 2. The quantitative estimate of drug-likeness (QED) is 0.130. The molecule has 1 aliphatic heterocycles. The van der Waals surface area contributed by atoms with Crippen molar-refractivity contribution in [3.8, 4) is 11.5 Å². The number of rotatable bonds is 11. The number of aliphatic hydroxyl groups is 1. The van der Waals surface area contributed by atoms with Crippen LogP contribution in [0.25, 0.3) is 0 Å². The first-order valence-electron chi connectivity index (χ1n) is 13.3. The summed E-state index contributed by atoms with van der Waals surface area (Å²) in [5.41, 5.74) is 5.82. The second kappa shape index (κ2) is 12.7. The topological polar surface area (TPSA) is 165 Å². The van der Waals surface area contributed by atoms with Crippen LogP contribution in [-0.2, 0) is 24.2 Å². The van der Waals surface area contributed by atoms with Gasteiger partial charge in [0, 0.05) is 6.20 Å². The van der Waals surface area contributed by atoms with Gasteiger partial charge >= 0.3 is 13.9 Å². The summed E-state index contributed by atoms with van der Waals surface area (Å²) < 4.78 is 41.7. The Hall–Kier alpha value is -4.03. The van der Waals surface area contributed by atoms with E-state index in [0.717, 1.165) is 21.3 Å². The zero-order valence-electron chi connectivity index (χ0n) is 23.5. The Bertz CT molecular complexity index is 1570. The van der Waals surface area contributed by atoms with E-state index in [9.17, 15) is 19.4 Å². The van der Waals surface area contributed by atoms with E-state index in [2.05, 4.69) is 4.98 Å². The van der Waals surface area contributed by atoms with Crippen LogP contribution >= 0.6 is 8.25 Å². The number of nitrogens with two attached hydrogens (primary N) is 1. The number of hydrogen-bond donors (Lipinski definition) is 3. The summed E-state index contributed by atoms with van der Waals surface area (Å²) in [5.74, 6) is -0.988. The van der Waals surface area contributed by atoms with Crippen molar-refractivity contribution < 1.29 is 38.0 Å². The zero-order chi connectivity index (χ0) is 30.6. The third-order valence-electron chi connectivity index (χ3n) is 7.34. The predicted octanol–water partition coefficient (Wildman–Crippen LogP) is 3.23. The van der Waals surface area contributed by atoms with Gasteiger partial charge in [0.05, 0.1) is 27.2 Å². The maximum absolute atomic E-state index is 12.6. The molecule has 4 atom stereocenters. The van der Waals surface area contributed by atoms with E-state index in [0.29, 0.717) is 11.5 Å². The first-order chi connectivity index (χ1) is 20.7. The molecule has 13 heteroatoms. The van der Waals surface area contributed by atoms with Crippen LogP contribution in [0.3, 0.4) is 0 Å². The van der Waals surface area contributed by atoms with E-state index in [1.807, 2.05) is 54.6 Å². The second-order valence-electron chi connectivity index (χ2n) is 9.85. The van der Waals surface area contributed by atoms with Crippen molar-refractivity contribution in [3.05, 3.63) is 118 Å². The monoisotopic (exact) mass is 609 g/mol. The first-order valence-corrected chi connectivity index (χ1v) is 14.6. The molecule has 0 spiro atoms. The summed E-state index contributed by atoms with van der Waals surface area (Å²) in [6.07, 6.45) is -1.38. The molecule has 3 aromatic carbocycles. The number of ether oxygens (including phenoxy) is 4. The van der Waals surface area contributed by atoms with Gasteiger partial charge in [-0.3, -0.25) is 13.7 Å². The maximum Gasteiger partial charge on any atom is 0.351 e. The van der Waals surface area contributed by atoms with Crippen molar-refractivity contribution >= 4 is 14.1 Å². The van der Waals surface area contributed by atoms with Crippen LogP contribution in [-0.4, -0.2) is 52.3 Å². The molecule has 226 valence electrons. The highest BCUT2D eigenvalue weighted by Crippen LogP contribution is 2.46. The van der Waals surface area contributed by atoms with Crippen LogP contribution in [0.15, 0.2) is 95.9 Å². The number of methoxy groups -OCH3 is 2. The molecule has 43 heavy (non-hydrogen) atoms. The number of anilines is 1. The van der Waals surface area contributed by atoms with Crippen LogP contribution in [0, 0.1) is 0 Å². The van der Waals surface area contributed by atoms with Gasteiger partial charge in [0.2, 0.25) is 5.79 Å². The smallest absolute Gasteiger partial charge is 0.351 e. The largest absolute Gasteiger partial charge is 0.497 e. The standard InChI is InChI=1S/C30H32N3O9P/c1-38-23-12-8-21(9-13-23)30(20-6-4-3-5-7-20,22-10-14-24(39-2)15-11-22)40-19-25-29(35,42-43(36)37)18-27(41-25)33-17-16-26(31)32-28(33)34/h3-17,25,27,35,43H,18-19H2,1-2H3,(H,36,37)(H2,31,32,34)/t25-,27-,29+/m1/s1. The lowest BCUT2D eigenvalue weighted by Crippen LogP contribution is -2.45. The zero-order valence-corrected chi connectivity index (χ0v) is 24.5. The van der Waals surface area contributed by atoms with E-state index in [4.69, 9.17) is 29.2 Å². The van der Waals surface area contributed by atoms with Crippen LogP contribution in [0.2, 0.25) is 0 Å². The van der Waals surface area contributed by atoms with Gasteiger partial charge in [-0.2, -0.15) is 4.98 Å². The Kier molecular flexibility index (Phi) is 8.97.